The maximum absolute atomic E-state index is 11.2. The Labute approximate surface area is 78.2 Å². The van der Waals surface area contributed by atoms with Gasteiger partial charge in [-0.25, -0.2) is 4.79 Å². The molecule has 0 heterocycles. The molecule has 0 fully saturated rings. The third kappa shape index (κ3) is 5.22. The lowest BCUT2D eigenvalue weighted by Crippen LogP contribution is -2.29. The van der Waals surface area contributed by atoms with E-state index in [1.165, 1.54) is 6.92 Å². The predicted octanol–water partition coefficient (Wildman–Crippen LogP) is 1.28. The van der Waals surface area contributed by atoms with Crippen LogP contribution in [0.15, 0.2) is 0 Å². The normalized spacial score (nSPS) is 12.4. The molecule has 76 valence electrons. The molecule has 0 saturated heterocycles. The molecule has 0 aromatic rings. The van der Waals surface area contributed by atoms with Gasteiger partial charge in [0.15, 0.2) is 6.10 Å². The van der Waals surface area contributed by atoms with E-state index in [4.69, 9.17) is 9.47 Å². The highest BCUT2D eigenvalue weighted by molar-refractivity contribution is 5.78. The summed E-state index contributed by atoms with van der Waals surface area (Å²) >= 11 is 0. The number of hydrogen-bond donors (Lipinski definition) is 0. The van der Waals surface area contributed by atoms with Gasteiger partial charge in [0.25, 0.3) is 0 Å². The van der Waals surface area contributed by atoms with E-state index >= 15 is 0 Å². The summed E-state index contributed by atoms with van der Waals surface area (Å²) < 4.78 is 9.64. The van der Waals surface area contributed by atoms with Crippen molar-refractivity contribution in [1.82, 2.24) is 0 Å². The topological polar surface area (TPSA) is 52.6 Å². The average Bonchev–Trinajstić information content (AvgIpc) is 1.98. The minimum Gasteiger partial charge on any atom is -0.460 e. The largest absolute Gasteiger partial charge is 0.460 e. The van der Waals surface area contributed by atoms with E-state index in [1.54, 1.807) is 20.8 Å². The van der Waals surface area contributed by atoms with Gasteiger partial charge in [-0.2, -0.15) is 0 Å². The Bertz CT molecular complexity index is 186. The van der Waals surface area contributed by atoms with Gasteiger partial charge in [-0.15, -0.1) is 0 Å². The minimum absolute atomic E-state index is 0.183. The van der Waals surface area contributed by atoms with Gasteiger partial charge < -0.3 is 9.47 Å². The Morgan fingerprint density at radius 1 is 1.23 bits per heavy atom. The summed E-state index contributed by atoms with van der Waals surface area (Å²) in [5.41, 5.74) is 0. The highest BCUT2D eigenvalue weighted by atomic mass is 16.6. The Kier molecular flexibility index (Phi) is 5.11. The summed E-state index contributed by atoms with van der Waals surface area (Å²) in [5, 5.41) is 0. The van der Waals surface area contributed by atoms with Gasteiger partial charge in [0.2, 0.25) is 0 Å². The van der Waals surface area contributed by atoms with Crippen LogP contribution in [0.1, 0.15) is 34.1 Å². The van der Waals surface area contributed by atoms with Crippen molar-refractivity contribution in [3.8, 4) is 0 Å². The zero-order chi connectivity index (χ0) is 10.4. The lowest BCUT2D eigenvalue weighted by atomic mass is 10.3. The van der Waals surface area contributed by atoms with Gasteiger partial charge in [-0.3, -0.25) is 4.79 Å². The highest BCUT2D eigenvalue weighted by Gasteiger charge is 2.21. The fourth-order valence-corrected chi connectivity index (χ4v) is 0.807. The van der Waals surface area contributed by atoms with Gasteiger partial charge in [0, 0.05) is 6.92 Å². The van der Waals surface area contributed by atoms with Crippen molar-refractivity contribution in [3.05, 3.63) is 0 Å². The van der Waals surface area contributed by atoms with Crippen LogP contribution in [0.5, 0.6) is 0 Å². The number of carbonyl (C=O) groups is 2. The first kappa shape index (κ1) is 11.9. The van der Waals surface area contributed by atoms with E-state index in [1.807, 2.05) is 0 Å². The molecule has 0 aromatic carbocycles. The monoisotopic (exact) mass is 188 g/mol. The van der Waals surface area contributed by atoms with E-state index < -0.39 is 18.0 Å². The van der Waals surface area contributed by atoms with Gasteiger partial charge in [0.05, 0.1) is 6.10 Å². The fourth-order valence-electron chi connectivity index (χ4n) is 0.807. The summed E-state index contributed by atoms with van der Waals surface area (Å²) in [4.78, 5) is 21.8. The van der Waals surface area contributed by atoms with Gasteiger partial charge >= 0.3 is 11.9 Å². The number of ether oxygens (including phenoxy) is 2. The van der Waals surface area contributed by atoms with Crippen molar-refractivity contribution >= 4 is 11.9 Å². The summed E-state index contributed by atoms with van der Waals surface area (Å²) in [5.74, 6) is -0.944. The molecule has 0 saturated carbocycles. The van der Waals surface area contributed by atoms with Crippen molar-refractivity contribution in [3.63, 3.8) is 0 Å². The van der Waals surface area contributed by atoms with Crippen molar-refractivity contribution in [2.75, 3.05) is 0 Å². The van der Waals surface area contributed by atoms with Crippen molar-refractivity contribution in [1.29, 1.82) is 0 Å². The maximum atomic E-state index is 11.2. The molecule has 0 aliphatic carbocycles. The van der Waals surface area contributed by atoms with Crippen LogP contribution in [0.3, 0.4) is 0 Å². The zero-order valence-corrected chi connectivity index (χ0v) is 8.49. The Balaban J connectivity index is 4.07. The van der Waals surface area contributed by atoms with Crippen LogP contribution in [0.4, 0.5) is 0 Å². The molecule has 0 aliphatic rings. The smallest absolute Gasteiger partial charge is 0.347 e. The second-order valence-corrected chi connectivity index (χ2v) is 2.99. The van der Waals surface area contributed by atoms with Crippen molar-refractivity contribution in [2.45, 2.75) is 46.3 Å². The fraction of sp³-hybridized carbons (Fsp3) is 0.778. The van der Waals surface area contributed by atoms with Gasteiger partial charge in [-0.05, 0) is 20.3 Å². The zero-order valence-electron chi connectivity index (χ0n) is 8.49. The molecule has 0 radical (unpaired) electrons. The molecule has 0 N–H and O–H groups in total. The predicted molar refractivity (Wildman–Crippen MR) is 47.1 cm³/mol. The third-order valence-corrected chi connectivity index (χ3v) is 1.29. The van der Waals surface area contributed by atoms with Crippen molar-refractivity contribution < 1.29 is 19.1 Å². The van der Waals surface area contributed by atoms with E-state index in [0.717, 1.165) is 0 Å². The van der Waals surface area contributed by atoms with Crippen molar-refractivity contribution in [2.24, 2.45) is 0 Å². The Hall–Kier alpha value is -1.06. The lowest BCUT2D eigenvalue weighted by Gasteiger charge is -2.15. The molecule has 0 aromatic heterocycles. The molecule has 0 unspecified atom stereocenters. The highest BCUT2D eigenvalue weighted by Crippen LogP contribution is 2.03. The van der Waals surface area contributed by atoms with E-state index in [-0.39, 0.29) is 6.10 Å². The van der Waals surface area contributed by atoms with Gasteiger partial charge in [0.1, 0.15) is 0 Å². The van der Waals surface area contributed by atoms with Crippen LogP contribution in [0, 0.1) is 0 Å². The second-order valence-electron chi connectivity index (χ2n) is 2.99. The summed E-state index contributed by atoms with van der Waals surface area (Å²) in [6.07, 6.45) is -0.512. The molecule has 0 spiro atoms. The molecule has 1 atom stereocenters. The molecular weight excluding hydrogens is 172 g/mol. The lowest BCUT2D eigenvalue weighted by molar-refractivity contribution is -0.169. The molecule has 0 amide bonds. The standard InChI is InChI=1S/C9H16O4/c1-5-8(13-7(4)10)9(11)12-6(2)3/h6,8H,5H2,1-4H3/t8-/m0/s1. The molecule has 13 heavy (non-hydrogen) atoms. The molecule has 0 bridgehead atoms. The molecule has 4 heteroatoms. The Morgan fingerprint density at radius 2 is 1.77 bits per heavy atom. The minimum atomic E-state index is -0.764. The molecular formula is C9H16O4. The van der Waals surface area contributed by atoms with Crippen LogP contribution in [-0.4, -0.2) is 24.1 Å². The number of hydrogen-bond acceptors (Lipinski definition) is 4. The quantitative estimate of drug-likeness (QED) is 0.623. The third-order valence-electron chi connectivity index (χ3n) is 1.29. The maximum Gasteiger partial charge on any atom is 0.347 e. The van der Waals surface area contributed by atoms with Crippen LogP contribution < -0.4 is 0 Å². The van der Waals surface area contributed by atoms with Crippen LogP contribution in [0.25, 0.3) is 0 Å². The van der Waals surface area contributed by atoms with Gasteiger partial charge in [-0.1, -0.05) is 6.92 Å². The van der Waals surface area contributed by atoms with Crippen LogP contribution in [0.2, 0.25) is 0 Å². The van der Waals surface area contributed by atoms with Crippen LogP contribution in [-0.2, 0) is 19.1 Å². The van der Waals surface area contributed by atoms with Crippen LogP contribution >= 0.6 is 0 Å². The molecule has 0 rings (SSSR count). The summed E-state index contributed by atoms with van der Waals surface area (Å²) in [7, 11) is 0. The number of carbonyl (C=O) groups excluding carboxylic acids is 2. The first-order chi connectivity index (χ1) is 5.97. The summed E-state index contributed by atoms with van der Waals surface area (Å²) in [6.45, 7) is 6.53. The SMILES string of the molecule is CC[C@H](OC(C)=O)C(=O)OC(C)C. The summed E-state index contributed by atoms with van der Waals surface area (Å²) in [6, 6.07) is 0. The molecule has 4 nitrogen and oxygen atoms in total. The van der Waals surface area contributed by atoms with E-state index in [0.29, 0.717) is 6.42 Å². The first-order valence-corrected chi connectivity index (χ1v) is 4.35. The number of esters is 2. The number of rotatable bonds is 4. The average molecular weight is 188 g/mol. The molecule has 0 aliphatic heterocycles. The Morgan fingerprint density at radius 3 is 2.08 bits per heavy atom. The van der Waals surface area contributed by atoms with E-state index in [2.05, 4.69) is 0 Å². The first-order valence-electron chi connectivity index (χ1n) is 4.35. The second kappa shape index (κ2) is 5.56. The van der Waals surface area contributed by atoms with E-state index in [9.17, 15) is 9.59 Å².